The fourth-order valence-corrected chi connectivity index (χ4v) is 3.69. The second-order valence-corrected chi connectivity index (χ2v) is 7.67. The van der Waals surface area contributed by atoms with Crippen LogP contribution in [0.1, 0.15) is 23.8 Å². The summed E-state index contributed by atoms with van der Waals surface area (Å²) in [6, 6.07) is 2.07. The largest absolute Gasteiger partial charge is 0.468 e. The van der Waals surface area contributed by atoms with Crippen LogP contribution in [0.4, 0.5) is 18.0 Å². The van der Waals surface area contributed by atoms with Crippen molar-refractivity contribution in [1.82, 2.24) is 25.0 Å². The van der Waals surface area contributed by atoms with Gasteiger partial charge in [-0.15, -0.1) is 0 Å². The number of urea groups is 1. The van der Waals surface area contributed by atoms with E-state index in [0.717, 1.165) is 12.3 Å². The number of carbonyl (C=O) groups is 1. The first-order valence-electron chi connectivity index (χ1n) is 10.1. The van der Waals surface area contributed by atoms with Gasteiger partial charge < -0.3 is 14.2 Å². The molecule has 1 atom stereocenters. The van der Waals surface area contributed by atoms with Gasteiger partial charge in [-0.25, -0.2) is 23.6 Å². The number of rotatable bonds is 4. The highest BCUT2D eigenvalue weighted by molar-refractivity contribution is 5.79. The molecular weight excluding hydrogens is 441 g/mol. The van der Waals surface area contributed by atoms with Crippen LogP contribution in [0, 0.1) is 24.4 Å². The SMILES string of the molecule is Cc1oncc1-c1ncc(F)c(OC2CN(C(=O)N3N=CCC3c3cc(F)cc(F)c3)C2)n1. The molecule has 2 aliphatic rings. The van der Waals surface area contributed by atoms with Gasteiger partial charge in [0.15, 0.2) is 5.82 Å². The molecule has 2 amide bonds. The molecule has 5 rings (SSSR count). The zero-order valence-electron chi connectivity index (χ0n) is 17.3. The molecule has 0 saturated carbocycles. The van der Waals surface area contributed by atoms with Gasteiger partial charge in [-0.2, -0.15) is 14.5 Å². The minimum absolute atomic E-state index is 0.167. The Kier molecular flexibility index (Phi) is 5.19. The molecule has 3 aromatic rings. The first-order chi connectivity index (χ1) is 15.9. The molecule has 33 heavy (non-hydrogen) atoms. The standard InChI is InChI=1S/C21H17F3N6O3/c1-11-16(7-27-33-11)19-25-8-17(24)20(28-19)32-15-9-29(10-15)21(31)30-18(2-3-26-30)12-4-13(22)6-14(23)5-12/h3-8,15,18H,2,9-10H2,1H3. The fourth-order valence-electron chi connectivity index (χ4n) is 3.69. The maximum absolute atomic E-state index is 14.2. The Labute approximate surface area is 185 Å². The van der Waals surface area contributed by atoms with E-state index < -0.39 is 35.6 Å². The predicted molar refractivity (Wildman–Crippen MR) is 108 cm³/mol. The number of hydrogen-bond acceptors (Lipinski definition) is 7. The molecule has 2 aromatic heterocycles. The summed E-state index contributed by atoms with van der Waals surface area (Å²) in [5, 5.41) is 8.90. The van der Waals surface area contributed by atoms with E-state index in [-0.39, 0.29) is 24.8 Å². The molecular formula is C21H17F3N6O3. The molecule has 170 valence electrons. The van der Waals surface area contributed by atoms with Crippen molar-refractivity contribution in [2.45, 2.75) is 25.5 Å². The minimum atomic E-state index is -0.741. The number of amides is 2. The Hall–Kier alpha value is -3.96. The highest BCUT2D eigenvalue weighted by atomic mass is 19.1. The van der Waals surface area contributed by atoms with Crippen molar-refractivity contribution < 1.29 is 27.2 Å². The normalized spacial score (nSPS) is 18.0. The molecule has 1 saturated heterocycles. The van der Waals surface area contributed by atoms with Crippen molar-refractivity contribution in [3.05, 3.63) is 59.4 Å². The number of halogens is 3. The van der Waals surface area contributed by atoms with Crippen LogP contribution >= 0.6 is 0 Å². The summed E-state index contributed by atoms with van der Waals surface area (Å²) in [5.41, 5.74) is 0.822. The number of aryl methyl sites for hydroxylation is 1. The van der Waals surface area contributed by atoms with Gasteiger partial charge in [-0.05, 0) is 24.6 Å². The lowest BCUT2D eigenvalue weighted by Gasteiger charge is -2.40. The predicted octanol–water partition coefficient (Wildman–Crippen LogP) is 3.47. The van der Waals surface area contributed by atoms with Gasteiger partial charge >= 0.3 is 6.03 Å². The number of hydrogen-bond donors (Lipinski definition) is 0. The smallest absolute Gasteiger partial charge is 0.341 e. The van der Waals surface area contributed by atoms with Crippen LogP contribution in [0.25, 0.3) is 11.4 Å². The van der Waals surface area contributed by atoms with E-state index in [1.54, 1.807) is 6.92 Å². The summed E-state index contributed by atoms with van der Waals surface area (Å²) < 4.78 is 52.0. The lowest BCUT2D eigenvalue weighted by atomic mass is 10.0. The summed E-state index contributed by atoms with van der Waals surface area (Å²) in [7, 11) is 0. The first kappa shape index (κ1) is 20.9. The third-order valence-electron chi connectivity index (χ3n) is 5.40. The number of aromatic nitrogens is 3. The molecule has 0 bridgehead atoms. The van der Waals surface area contributed by atoms with Gasteiger partial charge in [-0.3, -0.25) is 0 Å². The van der Waals surface area contributed by atoms with Crippen molar-refractivity contribution in [3.63, 3.8) is 0 Å². The van der Waals surface area contributed by atoms with E-state index in [2.05, 4.69) is 20.2 Å². The van der Waals surface area contributed by atoms with Crippen molar-refractivity contribution in [2.75, 3.05) is 13.1 Å². The van der Waals surface area contributed by atoms with E-state index in [4.69, 9.17) is 9.26 Å². The molecule has 2 aliphatic heterocycles. The number of likely N-dealkylation sites (tertiary alicyclic amines) is 1. The second kappa shape index (κ2) is 8.19. The molecule has 0 aliphatic carbocycles. The number of hydrazone groups is 1. The first-order valence-corrected chi connectivity index (χ1v) is 10.1. The Bertz CT molecular complexity index is 1220. The zero-order valence-corrected chi connectivity index (χ0v) is 17.3. The average molecular weight is 458 g/mol. The van der Waals surface area contributed by atoms with E-state index in [0.29, 0.717) is 23.3 Å². The minimum Gasteiger partial charge on any atom is -0.468 e. The summed E-state index contributed by atoms with van der Waals surface area (Å²) in [5.74, 6) is -1.76. The molecule has 0 N–H and O–H groups in total. The average Bonchev–Trinajstić information content (AvgIpc) is 3.39. The van der Waals surface area contributed by atoms with E-state index in [1.807, 2.05) is 0 Å². The fraction of sp³-hybridized carbons (Fsp3) is 0.286. The van der Waals surface area contributed by atoms with Crippen LogP contribution in [0.5, 0.6) is 5.88 Å². The van der Waals surface area contributed by atoms with Crippen molar-refractivity contribution in [2.24, 2.45) is 5.10 Å². The molecule has 0 spiro atoms. The van der Waals surface area contributed by atoms with Crippen LogP contribution in [-0.2, 0) is 0 Å². The number of nitrogens with zero attached hydrogens (tertiary/aromatic N) is 6. The molecule has 0 radical (unpaired) electrons. The van der Waals surface area contributed by atoms with Gasteiger partial charge in [0.2, 0.25) is 5.82 Å². The number of carbonyl (C=O) groups excluding carboxylic acids is 1. The Morgan fingerprint density at radius 2 is 1.91 bits per heavy atom. The molecule has 9 nitrogen and oxygen atoms in total. The quantitative estimate of drug-likeness (QED) is 0.594. The molecule has 1 fully saturated rings. The van der Waals surface area contributed by atoms with Crippen molar-refractivity contribution in [3.8, 4) is 17.3 Å². The highest BCUT2D eigenvalue weighted by Gasteiger charge is 2.39. The molecule has 12 heteroatoms. The van der Waals surface area contributed by atoms with Crippen LogP contribution in [0.2, 0.25) is 0 Å². The van der Waals surface area contributed by atoms with Crippen LogP contribution in [0.15, 0.2) is 40.2 Å². The summed E-state index contributed by atoms with van der Waals surface area (Å²) in [6.45, 7) is 2.01. The summed E-state index contributed by atoms with van der Waals surface area (Å²) in [6.07, 6.45) is 3.77. The van der Waals surface area contributed by atoms with Crippen LogP contribution in [0.3, 0.4) is 0 Å². The van der Waals surface area contributed by atoms with Gasteiger partial charge in [0.1, 0.15) is 23.5 Å². The van der Waals surface area contributed by atoms with Gasteiger partial charge in [0.05, 0.1) is 37.1 Å². The van der Waals surface area contributed by atoms with E-state index >= 15 is 0 Å². The van der Waals surface area contributed by atoms with E-state index in [1.165, 1.54) is 34.5 Å². The van der Waals surface area contributed by atoms with Crippen LogP contribution < -0.4 is 4.74 Å². The Balaban J connectivity index is 1.24. The maximum Gasteiger partial charge on any atom is 0.341 e. The maximum atomic E-state index is 14.2. The third-order valence-corrected chi connectivity index (χ3v) is 5.40. The summed E-state index contributed by atoms with van der Waals surface area (Å²) in [4.78, 5) is 22.3. The molecule has 1 aromatic carbocycles. The number of ether oxygens (including phenoxy) is 1. The zero-order chi connectivity index (χ0) is 23.1. The highest BCUT2D eigenvalue weighted by Crippen LogP contribution is 2.32. The molecule has 1 unspecified atom stereocenters. The Morgan fingerprint density at radius 3 is 2.61 bits per heavy atom. The van der Waals surface area contributed by atoms with E-state index in [9.17, 15) is 18.0 Å². The summed E-state index contributed by atoms with van der Waals surface area (Å²) >= 11 is 0. The van der Waals surface area contributed by atoms with Gasteiger partial charge in [0.25, 0.3) is 5.88 Å². The lowest BCUT2D eigenvalue weighted by Crippen LogP contribution is -2.59. The van der Waals surface area contributed by atoms with Crippen molar-refractivity contribution in [1.29, 1.82) is 0 Å². The second-order valence-electron chi connectivity index (χ2n) is 7.67. The Morgan fingerprint density at radius 1 is 1.15 bits per heavy atom. The van der Waals surface area contributed by atoms with Gasteiger partial charge in [0, 0.05) is 18.7 Å². The van der Waals surface area contributed by atoms with Crippen molar-refractivity contribution >= 4 is 12.2 Å². The lowest BCUT2D eigenvalue weighted by molar-refractivity contribution is 0.0230. The molecule has 4 heterocycles. The third kappa shape index (κ3) is 3.99. The monoisotopic (exact) mass is 458 g/mol. The topological polar surface area (TPSA) is 97.0 Å². The van der Waals surface area contributed by atoms with Gasteiger partial charge in [-0.1, -0.05) is 5.16 Å². The number of benzene rings is 1. The van der Waals surface area contributed by atoms with Crippen LogP contribution in [-0.4, -0.2) is 56.5 Å².